The zero-order chi connectivity index (χ0) is 16.7. The summed E-state index contributed by atoms with van der Waals surface area (Å²) in [6.07, 6.45) is 5.28. The Morgan fingerprint density at radius 2 is 1.78 bits per heavy atom. The first-order valence-electron chi connectivity index (χ1n) is 9.21. The third-order valence-corrected chi connectivity index (χ3v) is 4.83. The van der Waals surface area contributed by atoms with Gasteiger partial charge in [-0.2, -0.15) is 0 Å². The molecule has 1 fully saturated rings. The van der Waals surface area contributed by atoms with E-state index in [4.69, 9.17) is 0 Å². The van der Waals surface area contributed by atoms with Crippen LogP contribution in [0.5, 0.6) is 0 Å². The number of nitrogens with one attached hydrogen (secondary N) is 1. The van der Waals surface area contributed by atoms with Crippen molar-refractivity contribution in [3.63, 3.8) is 0 Å². The number of rotatable bonds is 7. The summed E-state index contributed by atoms with van der Waals surface area (Å²) < 4.78 is 0. The topological polar surface area (TPSA) is 32.3 Å². The summed E-state index contributed by atoms with van der Waals surface area (Å²) in [5, 5.41) is 3.60. The summed E-state index contributed by atoms with van der Waals surface area (Å²) in [7, 11) is 0. The van der Waals surface area contributed by atoms with Crippen LogP contribution in [0.3, 0.4) is 0 Å². The van der Waals surface area contributed by atoms with Gasteiger partial charge < -0.3 is 10.2 Å². The number of aryl methyl sites for hydroxylation is 1. The third kappa shape index (κ3) is 5.35. The molecule has 0 aromatic heterocycles. The molecule has 1 atom stereocenters. The fourth-order valence-electron chi connectivity index (χ4n) is 3.34. The van der Waals surface area contributed by atoms with E-state index in [1.165, 1.54) is 17.5 Å². The van der Waals surface area contributed by atoms with Gasteiger partial charge in [0, 0.05) is 32.1 Å². The summed E-state index contributed by atoms with van der Waals surface area (Å²) in [5.41, 5.74) is 2.69. The van der Waals surface area contributed by atoms with Gasteiger partial charge in [0.25, 0.3) is 0 Å². The number of hydrogen-bond donors (Lipinski definition) is 1. The SMILES string of the molecule is CCc1ccc(C(NCCC(=O)N2CCCCC2)C(C)C)cc1. The van der Waals surface area contributed by atoms with Crippen LogP contribution in [0.15, 0.2) is 24.3 Å². The van der Waals surface area contributed by atoms with Gasteiger partial charge in [-0.05, 0) is 42.7 Å². The molecule has 23 heavy (non-hydrogen) atoms. The van der Waals surface area contributed by atoms with E-state index in [9.17, 15) is 4.79 Å². The van der Waals surface area contributed by atoms with Gasteiger partial charge in [0.1, 0.15) is 0 Å². The van der Waals surface area contributed by atoms with Crippen molar-refractivity contribution in [2.45, 2.75) is 58.9 Å². The van der Waals surface area contributed by atoms with E-state index in [1.54, 1.807) is 0 Å². The summed E-state index contributed by atoms with van der Waals surface area (Å²) in [6.45, 7) is 9.30. The molecule has 1 aromatic rings. The first kappa shape index (κ1) is 18.0. The standard InChI is InChI=1S/C20H32N2O/c1-4-17-8-10-18(11-9-17)20(16(2)3)21-13-12-19(23)22-14-6-5-7-15-22/h8-11,16,20-21H,4-7,12-15H2,1-3H3. The molecule has 1 amide bonds. The van der Waals surface area contributed by atoms with Crippen LogP contribution >= 0.6 is 0 Å². The van der Waals surface area contributed by atoms with Crippen LogP contribution in [0.2, 0.25) is 0 Å². The van der Waals surface area contributed by atoms with Crippen LogP contribution < -0.4 is 5.32 Å². The van der Waals surface area contributed by atoms with Crippen LogP contribution in [0.25, 0.3) is 0 Å². The van der Waals surface area contributed by atoms with Crippen LogP contribution in [-0.2, 0) is 11.2 Å². The molecule has 2 rings (SSSR count). The Labute approximate surface area is 141 Å². The van der Waals surface area contributed by atoms with Gasteiger partial charge in [-0.15, -0.1) is 0 Å². The number of nitrogens with zero attached hydrogens (tertiary/aromatic N) is 1. The van der Waals surface area contributed by atoms with Gasteiger partial charge in [0.05, 0.1) is 0 Å². The molecule has 1 heterocycles. The highest BCUT2D eigenvalue weighted by Crippen LogP contribution is 2.22. The highest BCUT2D eigenvalue weighted by atomic mass is 16.2. The number of hydrogen-bond acceptors (Lipinski definition) is 2. The molecule has 0 saturated carbocycles. The molecule has 0 aliphatic carbocycles. The van der Waals surface area contributed by atoms with Crippen molar-refractivity contribution in [1.29, 1.82) is 0 Å². The maximum Gasteiger partial charge on any atom is 0.223 e. The molecule has 0 spiro atoms. The van der Waals surface area contributed by atoms with Gasteiger partial charge in [-0.3, -0.25) is 4.79 Å². The van der Waals surface area contributed by atoms with Crippen LogP contribution in [0, 0.1) is 5.92 Å². The molecule has 3 heteroatoms. The lowest BCUT2D eigenvalue weighted by molar-refractivity contribution is -0.132. The number of amides is 1. The molecule has 1 saturated heterocycles. The van der Waals surface area contributed by atoms with Crippen molar-refractivity contribution in [2.24, 2.45) is 5.92 Å². The Hall–Kier alpha value is -1.35. The fourth-order valence-corrected chi connectivity index (χ4v) is 3.34. The number of carbonyl (C=O) groups is 1. The smallest absolute Gasteiger partial charge is 0.223 e. The number of benzene rings is 1. The molecule has 1 aliphatic rings. The normalized spacial score (nSPS) is 16.6. The molecule has 3 nitrogen and oxygen atoms in total. The zero-order valence-electron chi connectivity index (χ0n) is 15.0. The third-order valence-electron chi connectivity index (χ3n) is 4.83. The maximum absolute atomic E-state index is 12.3. The monoisotopic (exact) mass is 316 g/mol. The van der Waals surface area contributed by atoms with Crippen LogP contribution in [-0.4, -0.2) is 30.4 Å². The zero-order valence-corrected chi connectivity index (χ0v) is 15.0. The second-order valence-electron chi connectivity index (χ2n) is 6.96. The van der Waals surface area contributed by atoms with E-state index in [1.807, 2.05) is 4.90 Å². The molecular weight excluding hydrogens is 284 g/mol. The molecule has 1 N–H and O–H groups in total. The fraction of sp³-hybridized carbons (Fsp3) is 0.650. The van der Waals surface area contributed by atoms with Crippen molar-refractivity contribution in [1.82, 2.24) is 10.2 Å². The van der Waals surface area contributed by atoms with E-state index >= 15 is 0 Å². The maximum atomic E-state index is 12.3. The number of piperidine rings is 1. The minimum Gasteiger partial charge on any atom is -0.343 e. The van der Waals surface area contributed by atoms with Gasteiger partial charge in [0.2, 0.25) is 5.91 Å². The van der Waals surface area contributed by atoms with Gasteiger partial charge in [-0.1, -0.05) is 45.0 Å². The summed E-state index contributed by atoms with van der Waals surface area (Å²) in [6, 6.07) is 9.19. The second-order valence-corrected chi connectivity index (χ2v) is 6.96. The summed E-state index contributed by atoms with van der Waals surface area (Å²) in [5.74, 6) is 0.814. The highest BCUT2D eigenvalue weighted by Gasteiger charge is 2.18. The molecular formula is C20H32N2O. The Morgan fingerprint density at radius 1 is 1.13 bits per heavy atom. The van der Waals surface area contributed by atoms with Crippen molar-refractivity contribution >= 4 is 5.91 Å². The number of carbonyl (C=O) groups excluding carboxylic acids is 1. The minimum absolute atomic E-state index is 0.307. The van der Waals surface area contributed by atoms with E-state index in [0.717, 1.165) is 38.9 Å². The first-order valence-corrected chi connectivity index (χ1v) is 9.21. The van der Waals surface area contributed by atoms with Crippen molar-refractivity contribution in [3.05, 3.63) is 35.4 Å². The van der Waals surface area contributed by atoms with Crippen molar-refractivity contribution in [2.75, 3.05) is 19.6 Å². The van der Waals surface area contributed by atoms with E-state index in [0.29, 0.717) is 24.3 Å². The lowest BCUT2D eigenvalue weighted by Crippen LogP contribution is -2.37. The number of likely N-dealkylation sites (tertiary alicyclic amines) is 1. The van der Waals surface area contributed by atoms with E-state index in [-0.39, 0.29) is 0 Å². The Balaban J connectivity index is 1.85. The molecule has 0 bridgehead atoms. The first-order chi connectivity index (χ1) is 11.1. The average molecular weight is 316 g/mol. The molecule has 1 aliphatic heterocycles. The summed E-state index contributed by atoms with van der Waals surface area (Å²) in [4.78, 5) is 14.3. The lowest BCUT2D eigenvalue weighted by Gasteiger charge is -2.28. The van der Waals surface area contributed by atoms with Gasteiger partial charge in [0.15, 0.2) is 0 Å². The van der Waals surface area contributed by atoms with Crippen molar-refractivity contribution < 1.29 is 4.79 Å². The van der Waals surface area contributed by atoms with Gasteiger partial charge in [-0.25, -0.2) is 0 Å². The van der Waals surface area contributed by atoms with E-state index < -0.39 is 0 Å². The second kappa shape index (κ2) is 9.07. The quantitative estimate of drug-likeness (QED) is 0.826. The summed E-state index contributed by atoms with van der Waals surface area (Å²) >= 11 is 0. The minimum atomic E-state index is 0.307. The molecule has 1 unspecified atom stereocenters. The Bertz CT molecular complexity index is 475. The molecule has 128 valence electrons. The Kier molecular flexibility index (Phi) is 7.10. The Morgan fingerprint density at radius 3 is 2.35 bits per heavy atom. The molecule has 0 radical (unpaired) electrons. The highest BCUT2D eigenvalue weighted by molar-refractivity contribution is 5.76. The molecule has 1 aromatic carbocycles. The lowest BCUT2D eigenvalue weighted by atomic mass is 9.95. The predicted octanol–water partition coefficient (Wildman–Crippen LogP) is 3.94. The van der Waals surface area contributed by atoms with E-state index in [2.05, 4.69) is 50.4 Å². The van der Waals surface area contributed by atoms with Crippen LogP contribution in [0.4, 0.5) is 0 Å². The average Bonchev–Trinajstić information content (AvgIpc) is 2.59. The van der Waals surface area contributed by atoms with Crippen molar-refractivity contribution in [3.8, 4) is 0 Å². The van der Waals surface area contributed by atoms with Crippen LogP contribution in [0.1, 0.15) is 63.6 Å². The predicted molar refractivity (Wildman–Crippen MR) is 96.4 cm³/mol. The largest absolute Gasteiger partial charge is 0.343 e. The van der Waals surface area contributed by atoms with Gasteiger partial charge >= 0.3 is 0 Å².